The molecule has 0 atom stereocenters. The zero-order valence-corrected chi connectivity index (χ0v) is 7.20. The summed E-state index contributed by atoms with van der Waals surface area (Å²) in [5, 5.41) is 0. The number of rotatable bonds is 3. The Labute approximate surface area is 64.3 Å². The van der Waals surface area contributed by atoms with Crippen LogP contribution in [0.5, 0.6) is 0 Å². The average Bonchev–Trinajstić information content (AvgIpc) is 1.87. The number of hydrogen-bond donors (Lipinski definition) is 0. The van der Waals surface area contributed by atoms with Crippen LogP contribution in [0.1, 0.15) is 40.0 Å². The highest BCUT2D eigenvalue weighted by Gasteiger charge is 1.80. The Hall–Kier alpha value is -0.700. The molecule has 0 aliphatic carbocycles. The highest BCUT2D eigenvalue weighted by molar-refractivity contribution is 4.97. The van der Waals surface area contributed by atoms with E-state index in [0.717, 1.165) is 6.42 Å². The van der Waals surface area contributed by atoms with Gasteiger partial charge in [-0.15, -0.1) is 11.8 Å². The van der Waals surface area contributed by atoms with Crippen molar-refractivity contribution < 1.29 is 0 Å². The molecule has 0 fully saturated rings. The smallest absolute Gasteiger partial charge is 0.00915 e. The van der Waals surface area contributed by atoms with Gasteiger partial charge in [0.1, 0.15) is 0 Å². The maximum absolute atomic E-state index is 3.04. The first-order chi connectivity index (χ1) is 4.77. The zero-order chi connectivity index (χ0) is 7.82. The van der Waals surface area contributed by atoms with Gasteiger partial charge in [-0.25, -0.2) is 0 Å². The normalized spacial score (nSPS) is 7.90. The van der Waals surface area contributed by atoms with E-state index in [4.69, 9.17) is 0 Å². The summed E-state index contributed by atoms with van der Waals surface area (Å²) in [6.07, 6.45) is 5.68. The minimum absolute atomic E-state index is 1.04. The van der Waals surface area contributed by atoms with E-state index in [1.165, 1.54) is 18.4 Å². The molecule has 0 nitrogen and oxygen atoms in total. The number of unbranched alkanes of at least 4 members (excludes halogenated alkanes) is 2. The lowest BCUT2D eigenvalue weighted by Crippen LogP contribution is -1.70. The highest BCUT2D eigenvalue weighted by atomic mass is 13.9. The Kier molecular flexibility index (Phi) is 5.97. The summed E-state index contributed by atoms with van der Waals surface area (Å²) in [4.78, 5) is 0. The number of allylic oxidation sites excluding steroid dienone is 2. The van der Waals surface area contributed by atoms with Crippen molar-refractivity contribution in [1.82, 2.24) is 0 Å². The molecule has 0 bridgehead atoms. The van der Waals surface area contributed by atoms with Gasteiger partial charge in [-0.3, -0.25) is 0 Å². The van der Waals surface area contributed by atoms with Crippen LogP contribution < -0.4 is 0 Å². The van der Waals surface area contributed by atoms with Crippen LogP contribution in [-0.4, -0.2) is 0 Å². The lowest BCUT2D eigenvalue weighted by molar-refractivity contribution is 0.878. The van der Waals surface area contributed by atoms with Gasteiger partial charge in [-0.2, -0.15) is 0 Å². The van der Waals surface area contributed by atoms with E-state index in [-0.39, 0.29) is 0 Å². The van der Waals surface area contributed by atoms with Crippen LogP contribution in [0.25, 0.3) is 0 Å². The fourth-order valence-electron chi connectivity index (χ4n) is 0.706. The Morgan fingerprint density at radius 3 is 2.60 bits per heavy atom. The second kappa shape index (κ2) is 6.42. The van der Waals surface area contributed by atoms with Crippen LogP contribution in [0.4, 0.5) is 0 Å². The lowest BCUT2D eigenvalue weighted by Gasteiger charge is -1.89. The fourth-order valence-corrected chi connectivity index (χ4v) is 0.706. The van der Waals surface area contributed by atoms with Crippen LogP contribution in [-0.2, 0) is 0 Å². The van der Waals surface area contributed by atoms with Crippen molar-refractivity contribution >= 4 is 0 Å². The summed E-state index contributed by atoms with van der Waals surface area (Å²) in [5.74, 6) is 5.93. The van der Waals surface area contributed by atoms with E-state index < -0.39 is 0 Å². The molecule has 0 N–H and O–H groups in total. The zero-order valence-electron chi connectivity index (χ0n) is 7.20. The summed E-state index contributed by atoms with van der Waals surface area (Å²) < 4.78 is 0. The molecular formula is C10H16. The molecule has 0 aliphatic rings. The molecule has 0 unspecified atom stereocenters. The molecule has 0 rings (SSSR count). The second-order valence-electron chi connectivity index (χ2n) is 2.60. The Morgan fingerprint density at radius 2 is 2.10 bits per heavy atom. The van der Waals surface area contributed by atoms with Crippen LogP contribution >= 0.6 is 0 Å². The number of hydrogen-bond acceptors (Lipinski definition) is 0. The molecular weight excluding hydrogens is 120 g/mol. The average molecular weight is 136 g/mol. The summed E-state index contributed by atoms with van der Waals surface area (Å²) >= 11 is 0. The third-order valence-corrected chi connectivity index (χ3v) is 1.24. The van der Waals surface area contributed by atoms with Crippen LogP contribution in [0.15, 0.2) is 11.6 Å². The maximum Gasteiger partial charge on any atom is 0.00915 e. The highest BCUT2D eigenvalue weighted by Crippen LogP contribution is 1.98. The third kappa shape index (κ3) is 7.30. The molecule has 0 aliphatic heterocycles. The SMILES string of the molecule is CC#CCCCC=C(C)C. The Bertz CT molecular complexity index is 149. The summed E-state index contributed by atoms with van der Waals surface area (Å²) in [5.41, 5.74) is 1.41. The molecule has 0 aromatic rings. The van der Waals surface area contributed by atoms with Gasteiger partial charge in [0.2, 0.25) is 0 Å². The van der Waals surface area contributed by atoms with Gasteiger partial charge in [0.05, 0.1) is 0 Å². The van der Waals surface area contributed by atoms with Crippen LogP contribution in [0.2, 0.25) is 0 Å². The van der Waals surface area contributed by atoms with Gasteiger partial charge in [-0.1, -0.05) is 11.6 Å². The molecule has 0 saturated carbocycles. The first-order valence-electron chi connectivity index (χ1n) is 3.80. The van der Waals surface area contributed by atoms with Gasteiger partial charge < -0.3 is 0 Å². The van der Waals surface area contributed by atoms with Gasteiger partial charge in [-0.05, 0) is 33.6 Å². The molecule has 0 radical (unpaired) electrons. The Balaban J connectivity index is 3.19. The predicted molar refractivity (Wildman–Crippen MR) is 46.7 cm³/mol. The first kappa shape index (κ1) is 9.30. The second-order valence-corrected chi connectivity index (χ2v) is 2.60. The van der Waals surface area contributed by atoms with Crippen molar-refractivity contribution in [2.24, 2.45) is 0 Å². The first-order valence-corrected chi connectivity index (χ1v) is 3.80. The minimum atomic E-state index is 1.04. The maximum atomic E-state index is 3.04. The van der Waals surface area contributed by atoms with Crippen molar-refractivity contribution in [3.05, 3.63) is 11.6 Å². The van der Waals surface area contributed by atoms with E-state index >= 15 is 0 Å². The lowest BCUT2D eigenvalue weighted by atomic mass is 10.2. The monoisotopic (exact) mass is 136 g/mol. The van der Waals surface area contributed by atoms with Gasteiger partial charge in [0.25, 0.3) is 0 Å². The topological polar surface area (TPSA) is 0 Å². The standard InChI is InChI=1S/C10H16/c1-4-5-6-7-8-9-10(2)3/h9H,6-8H2,1-3H3. The van der Waals surface area contributed by atoms with Crippen molar-refractivity contribution in [3.63, 3.8) is 0 Å². The molecule has 0 heterocycles. The molecule has 0 saturated heterocycles. The fraction of sp³-hybridized carbons (Fsp3) is 0.600. The molecule has 0 aromatic carbocycles. The van der Waals surface area contributed by atoms with Crippen molar-refractivity contribution in [3.8, 4) is 11.8 Å². The minimum Gasteiger partial charge on any atom is -0.107 e. The van der Waals surface area contributed by atoms with E-state index in [2.05, 4.69) is 31.8 Å². The van der Waals surface area contributed by atoms with E-state index in [1.54, 1.807) is 0 Å². The Morgan fingerprint density at radius 1 is 1.40 bits per heavy atom. The summed E-state index contributed by atoms with van der Waals surface area (Å²) in [6, 6.07) is 0. The largest absolute Gasteiger partial charge is 0.107 e. The summed E-state index contributed by atoms with van der Waals surface area (Å²) in [7, 11) is 0. The van der Waals surface area contributed by atoms with E-state index in [0.29, 0.717) is 0 Å². The van der Waals surface area contributed by atoms with Crippen LogP contribution in [0, 0.1) is 11.8 Å². The molecule has 0 amide bonds. The third-order valence-electron chi connectivity index (χ3n) is 1.24. The molecule has 0 heteroatoms. The van der Waals surface area contributed by atoms with E-state index in [1.807, 2.05) is 6.92 Å². The van der Waals surface area contributed by atoms with E-state index in [9.17, 15) is 0 Å². The van der Waals surface area contributed by atoms with Crippen LogP contribution in [0.3, 0.4) is 0 Å². The molecule has 10 heavy (non-hydrogen) atoms. The van der Waals surface area contributed by atoms with Crippen molar-refractivity contribution in [2.75, 3.05) is 0 Å². The molecule has 0 aromatic heterocycles. The molecule has 0 spiro atoms. The van der Waals surface area contributed by atoms with Gasteiger partial charge in [0.15, 0.2) is 0 Å². The van der Waals surface area contributed by atoms with Gasteiger partial charge >= 0.3 is 0 Å². The summed E-state index contributed by atoms with van der Waals surface area (Å²) in [6.45, 7) is 6.15. The van der Waals surface area contributed by atoms with Crippen molar-refractivity contribution in [2.45, 2.75) is 40.0 Å². The molecule has 56 valence electrons. The quantitative estimate of drug-likeness (QED) is 0.317. The predicted octanol–water partition coefficient (Wildman–Crippen LogP) is 3.15. The van der Waals surface area contributed by atoms with Crippen molar-refractivity contribution in [1.29, 1.82) is 0 Å². The van der Waals surface area contributed by atoms with Gasteiger partial charge in [0, 0.05) is 6.42 Å².